The molecular weight excluding hydrogens is 324 g/mol. The summed E-state index contributed by atoms with van der Waals surface area (Å²) in [5.41, 5.74) is 3.46. The largest absolute Gasteiger partial charge is 0.497 e. The van der Waals surface area contributed by atoms with Crippen molar-refractivity contribution >= 4 is 10.9 Å². The summed E-state index contributed by atoms with van der Waals surface area (Å²) in [6.45, 7) is 1.85. The predicted molar refractivity (Wildman–Crippen MR) is 104 cm³/mol. The minimum absolute atomic E-state index is 0.0611. The fourth-order valence-electron chi connectivity index (χ4n) is 3.14. The smallest absolute Gasteiger partial charge is 0.265 e. The summed E-state index contributed by atoms with van der Waals surface area (Å²) < 4.78 is 6.86. The third-order valence-electron chi connectivity index (χ3n) is 4.47. The van der Waals surface area contributed by atoms with Crippen LogP contribution in [-0.4, -0.2) is 16.7 Å². The summed E-state index contributed by atoms with van der Waals surface area (Å²) in [5, 5.41) is 0.604. The number of para-hydroxylation sites is 1. The van der Waals surface area contributed by atoms with Crippen molar-refractivity contribution in [3.8, 4) is 22.6 Å². The highest BCUT2D eigenvalue weighted by Gasteiger charge is 2.11. The van der Waals surface area contributed by atoms with Crippen LogP contribution in [0.25, 0.3) is 27.7 Å². The van der Waals surface area contributed by atoms with Crippen LogP contribution in [0, 0.1) is 6.92 Å². The average molecular weight is 342 g/mol. The van der Waals surface area contributed by atoms with Crippen molar-refractivity contribution in [1.82, 2.24) is 9.55 Å². The molecule has 4 aromatic rings. The Bertz CT molecular complexity index is 1130. The van der Waals surface area contributed by atoms with E-state index in [9.17, 15) is 4.79 Å². The molecule has 0 bridgehead atoms. The van der Waals surface area contributed by atoms with Crippen molar-refractivity contribution in [2.45, 2.75) is 6.92 Å². The molecule has 0 N–H and O–H groups in total. The van der Waals surface area contributed by atoms with Gasteiger partial charge in [-0.25, -0.2) is 4.98 Å². The van der Waals surface area contributed by atoms with Crippen LogP contribution < -0.4 is 10.3 Å². The molecule has 0 saturated carbocycles. The molecule has 4 rings (SSSR count). The second kappa shape index (κ2) is 6.48. The summed E-state index contributed by atoms with van der Waals surface area (Å²) in [4.78, 5) is 17.8. The van der Waals surface area contributed by atoms with E-state index in [0.717, 1.165) is 22.6 Å². The first kappa shape index (κ1) is 16.1. The van der Waals surface area contributed by atoms with Crippen LogP contribution in [0.3, 0.4) is 0 Å². The van der Waals surface area contributed by atoms with Gasteiger partial charge in [0.25, 0.3) is 5.56 Å². The first-order chi connectivity index (χ1) is 12.7. The van der Waals surface area contributed by atoms with Crippen LogP contribution in [-0.2, 0) is 0 Å². The van der Waals surface area contributed by atoms with Crippen molar-refractivity contribution in [1.29, 1.82) is 0 Å². The Hall–Kier alpha value is -3.40. The molecule has 0 unspecified atom stereocenters. The maximum absolute atomic E-state index is 13.1. The topological polar surface area (TPSA) is 44.1 Å². The van der Waals surface area contributed by atoms with Gasteiger partial charge >= 0.3 is 0 Å². The fraction of sp³-hybridized carbons (Fsp3) is 0.0909. The Morgan fingerprint density at radius 2 is 1.58 bits per heavy atom. The monoisotopic (exact) mass is 342 g/mol. The van der Waals surface area contributed by atoms with E-state index in [2.05, 4.69) is 4.98 Å². The summed E-state index contributed by atoms with van der Waals surface area (Å²) in [6, 6.07) is 23.2. The number of aryl methyl sites for hydroxylation is 1. The van der Waals surface area contributed by atoms with Gasteiger partial charge in [0.05, 0.1) is 23.7 Å². The van der Waals surface area contributed by atoms with E-state index < -0.39 is 0 Å². The molecule has 0 aliphatic heterocycles. The third-order valence-corrected chi connectivity index (χ3v) is 4.47. The van der Waals surface area contributed by atoms with Crippen LogP contribution >= 0.6 is 0 Å². The predicted octanol–water partition coefficient (Wildman–Crippen LogP) is 4.37. The van der Waals surface area contributed by atoms with Gasteiger partial charge in [-0.3, -0.25) is 9.36 Å². The van der Waals surface area contributed by atoms with Crippen molar-refractivity contribution in [3.05, 3.63) is 89.0 Å². The van der Waals surface area contributed by atoms with Crippen LogP contribution in [0.4, 0.5) is 0 Å². The zero-order valence-corrected chi connectivity index (χ0v) is 14.6. The van der Waals surface area contributed by atoms with Crippen LogP contribution in [0.5, 0.6) is 5.75 Å². The number of aromatic nitrogens is 2. The number of hydrogen-bond acceptors (Lipinski definition) is 3. The Labute approximate surface area is 151 Å². The quantitative estimate of drug-likeness (QED) is 0.555. The number of methoxy groups -OCH3 is 1. The lowest BCUT2D eigenvalue weighted by Gasteiger charge is -2.11. The van der Waals surface area contributed by atoms with E-state index >= 15 is 0 Å². The Morgan fingerprint density at radius 1 is 0.885 bits per heavy atom. The molecule has 0 atom stereocenters. The number of hydrogen-bond donors (Lipinski definition) is 0. The maximum atomic E-state index is 13.1. The lowest BCUT2D eigenvalue weighted by Crippen LogP contribution is -2.22. The third kappa shape index (κ3) is 2.75. The fourth-order valence-corrected chi connectivity index (χ4v) is 3.14. The van der Waals surface area contributed by atoms with Gasteiger partial charge in [-0.05, 0) is 54.4 Å². The molecule has 1 heterocycles. The number of benzene rings is 3. The minimum Gasteiger partial charge on any atom is -0.497 e. The standard InChI is InChI=1S/C22H18N2O2/c1-15-23-21-13-10-17(16-8-11-19(26-2)12-9-16)14-20(21)22(25)24(15)18-6-4-3-5-7-18/h3-14H,1-2H3. The molecule has 26 heavy (non-hydrogen) atoms. The van der Waals surface area contributed by atoms with Gasteiger partial charge in [0.15, 0.2) is 0 Å². The molecule has 0 radical (unpaired) electrons. The second-order valence-corrected chi connectivity index (χ2v) is 6.10. The molecule has 0 aliphatic carbocycles. The Balaban J connectivity index is 1.91. The Morgan fingerprint density at radius 3 is 2.27 bits per heavy atom. The van der Waals surface area contributed by atoms with Gasteiger partial charge in [-0.2, -0.15) is 0 Å². The zero-order valence-electron chi connectivity index (χ0n) is 14.6. The molecule has 0 fully saturated rings. The summed E-state index contributed by atoms with van der Waals surface area (Å²) in [6.07, 6.45) is 0. The van der Waals surface area contributed by atoms with Gasteiger partial charge in [-0.15, -0.1) is 0 Å². The second-order valence-electron chi connectivity index (χ2n) is 6.10. The number of ether oxygens (including phenoxy) is 1. The zero-order chi connectivity index (χ0) is 18.1. The minimum atomic E-state index is -0.0611. The van der Waals surface area contributed by atoms with E-state index in [1.54, 1.807) is 11.7 Å². The van der Waals surface area contributed by atoms with Gasteiger partial charge in [-0.1, -0.05) is 36.4 Å². The van der Waals surface area contributed by atoms with Crippen molar-refractivity contribution in [3.63, 3.8) is 0 Å². The molecule has 4 nitrogen and oxygen atoms in total. The van der Waals surface area contributed by atoms with Gasteiger partial charge < -0.3 is 4.74 Å². The molecule has 0 spiro atoms. The number of rotatable bonds is 3. The number of nitrogens with zero attached hydrogens (tertiary/aromatic N) is 2. The van der Waals surface area contributed by atoms with Crippen molar-refractivity contribution in [2.75, 3.05) is 7.11 Å². The lowest BCUT2D eigenvalue weighted by atomic mass is 10.0. The van der Waals surface area contributed by atoms with E-state index in [-0.39, 0.29) is 5.56 Å². The molecule has 0 saturated heterocycles. The Kier molecular flexibility index (Phi) is 4.01. The van der Waals surface area contributed by atoms with Gasteiger partial charge in [0, 0.05) is 0 Å². The number of fused-ring (bicyclic) bond motifs is 1. The molecular formula is C22H18N2O2. The maximum Gasteiger partial charge on any atom is 0.265 e. The van der Waals surface area contributed by atoms with E-state index in [1.165, 1.54) is 0 Å². The summed E-state index contributed by atoms with van der Waals surface area (Å²) in [7, 11) is 1.64. The highest BCUT2D eigenvalue weighted by atomic mass is 16.5. The van der Waals surface area contributed by atoms with Crippen LogP contribution in [0.15, 0.2) is 77.6 Å². The van der Waals surface area contributed by atoms with Crippen molar-refractivity contribution < 1.29 is 4.74 Å². The van der Waals surface area contributed by atoms with E-state index in [4.69, 9.17) is 4.74 Å². The molecule has 1 aromatic heterocycles. The molecule has 128 valence electrons. The molecule has 4 heteroatoms. The van der Waals surface area contributed by atoms with Gasteiger partial charge in [0.2, 0.25) is 0 Å². The first-order valence-corrected chi connectivity index (χ1v) is 8.40. The first-order valence-electron chi connectivity index (χ1n) is 8.40. The summed E-state index contributed by atoms with van der Waals surface area (Å²) in [5.74, 6) is 1.48. The highest BCUT2D eigenvalue weighted by molar-refractivity contribution is 5.84. The average Bonchev–Trinajstić information content (AvgIpc) is 2.69. The van der Waals surface area contributed by atoms with Crippen LogP contribution in [0.2, 0.25) is 0 Å². The summed E-state index contributed by atoms with van der Waals surface area (Å²) >= 11 is 0. The SMILES string of the molecule is COc1ccc(-c2ccc3nc(C)n(-c4ccccc4)c(=O)c3c2)cc1. The van der Waals surface area contributed by atoms with Crippen LogP contribution in [0.1, 0.15) is 5.82 Å². The molecule has 3 aromatic carbocycles. The highest BCUT2D eigenvalue weighted by Crippen LogP contribution is 2.25. The molecule has 0 amide bonds. The normalized spacial score (nSPS) is 10.8. The van der Waals surface area contributed by atoms with E-state index in [1.807, 2.05) is 79.7 Å². The van der Waals surface area contributed by atoms with Gasteiger partial charge in [0.1, 0.15) is 11.6 Å². The van der Waals surface area contributed by atoms with Crippen molar-refractivity contribution in [2.24, 2.45) is 0 Å². The van der Waals surface area contributed by atoms with E-state index in [0.29, 0.717) is 16.7 Å². The molecule has 0 aliphatic rings. The lowest BCUT2D eigenvalue weighted by molar-refractivity contribution is 0.415.